The highest BCUT2D eigenvalue weighted by atomic mass is 16.5. The Balaban J connectivity index is 2.36. The molecule has 1 aromatic carbocycles. The predicted octanol–water partition coefficient (Wildman–Crippen LogP) is 1.63. The van der Waals surface area contributed by atoms with Gasteiger partial charge < -0.3 is 15.2 Å². The molecule has 5 nitrogen and oxygen atoms in total. The van der Waals surface area contributed by atoms with E-state index in [0.29, 0.717) is 26.1 Å². The average Bonchev–Trinajstić information content (AvgIpc) is 2.48. The van der Waals surface area contributed by atoms with E-state index >= 15 is 0 Å². The number of rotatable bonds is 4. The molecule has 2 N–H and O–H groups in total. The van der Waals surface area contributed by atoms with Crippen molar-refractivity contribution in [1.82, 2.24) is 5.32 Å². The Morgan fingerprint density at radius 2 is 1.90 bits per heavy atom. The number of hydrogen-bond donors (Lipinski definition) is 2. The molecule has 1 aromatic rings. The molecule has 1 saturated heterocycles. The Morgan fingerprint density at radius 3 is 2.48 bits per heavy atom. The number of aliphatic carboxylic acids is 1. The standard InChI is InChI=1S/C16H21NO4/c1-11-5-3-4-6-13(11)16(7-9-21-10-8-16)15(20)17-12(2)14(18)19/h3-6,12H,7-10H2,1-2H3,(H,17,20)(H,18,19)/t12-/m0/s1. The summed E-state index contributed by atoms with van der Waals surface area (Å²) in [6, 6.07) is 6.87. The average molecular weight is 291 g/mol. The fourth-order valence-corrected chi connectivity index (χ4v) is 2.84. The molecule has 1 atom stereocenters. The summed E-state index contributed by atoms with van der Waals surface area (Å²) in [6.07, 6.45) is 1.13. The number of ether oxygens (including phenoxy) is 1. The lowest BCUT2D eigenvalue weighted by Gasteiger charge is -2.37. The lowest BCUT2D eigenvalue weighted by atomic mass is 9.71. The molecule has 1 aliphatic rings. The van der Waals surface area contributed by atoms with Crippen molar-refractivity contribution in [3.8, 4) is 0 Å². The molecule has 2 rings (SSSR count). The zero-order valence-corrected chi connectivity index (χ0v) is 12.4. The monoisotopic (exact) mass is 291 g/mol. The quantitative estimate of drug-likeness (QED) is 0.884. The van der Waals surface area contributed by atoms with Crippen molar-refractivity contribution >= 4 is 11.9 Å². The molecular weight excluding hydrogens is 270 g/mol. The summed E-state index contributed by atoms with van der Waals surface area (Å²) in [7, 11) is 0. The van der Waals surface area contributed by atoms with E-state index in [-0.39, 0.29) is 5.91 Å². The van der Waals surface area contributed by atoms with Gasteiger partial charge in [-0.1, -0.05) is 24.3 Å². The minimum absolute atomic E-state index is 0.227. The number of benzene rings is 1. The van der Waals surface area contributed by atoms with Gasteiger partial charge in [0.15, 0.2) is 0 Å². The van der Waals surface area contributed by atoms with E-state index in [1.807, 2.05) is 31.2 Å². The number of nitrogens with one attached hydrogen (secondary N) is 1. The van der Waals surface area contributed by atoms with Crippen LogP contribution < -0.4 is 5.32 Å². The van der Waals surface area contributed by atoms with Gasteiger partial charge in [-0.05, 0) is 37.8 Å². The topological polar surface area (TPSA) is 75.6 Å². The fraction of sp³-hybridized carbons (Fsp3) is 0.500. The van der Waals surface area contributed by atoms with Crippen molar-refractivity contribution in [1.29, 1.82) is 0 Å². The molecule has 0 radical (unpaired) electrons. The van der Waals surface area contributed by atoms with E-state index in [2.05, 4.69) is 5.32 Å². The molecule has 1 aliphatic heterocycles. The lowest BCUT2D eigenvalue weighted by molar-refractivity contribution is -0.143. The van der Waals surface area contributed by atoms with Gasteiger partial charge in [-0.15, -0.1) is 0 Å². The number of carboxylic acid groups (broad SMARTS) is 1. The minimum Gasteiger partial charge on any atom is -0.480 e. The zero-order valence-electron chi connectivity index (χ0n) is 12.4. The van der Waals surface area contributed by atoms with Crippen molar-refractivity contribution in [2.75, 3.05) is 13.2 Å². The molecule has 0 bridgehead atoms. The molecule has 0 unspecified atom stereocenters. The van der Waals surface area contributed by atoms with Crippen LogP contribution in [0.3, 0.4) is 0 Å². The third kappa shape index (κ3) is 3.08. The van der Waals surface area contributed by atoms with Gasteiger partial charge in [-0.3, -0.25) is 9.59 Å². The highest BCUT2D eigenvalue weighted by Gasteiger charge is 2.43. The molecule has 5 heteroatoms. The molecule has 1 heterocycles. The van der Waals surface area contributed by atoms with Crippen LogP contribution >= 0.6 is 0 Å². The van der Waals surface area contributed by atoms with E-state index in [9.17, 15) is 9.59 Å². The molecule has 0 aromatic heterocycles. The molecular formula is C16H21NO4. The van der Waals surface area contributed by atoms with Crippen LogP contribution in [-0.2, 0) is 19.7 Å². The summed E-state index contributed by atoms with van der Waals surface area (Å²) in [6.45, 7) is 4.46. The SMILES string of the molecule is Cc1ccccc1C1(C(=O)N[C@@H](C)C(=O)O)CCOCC1. The summed E-state index contributed by atoms with van der Waals surface area (Å²) in [5.74, 6) is -1.26. The van der Waals surface area contributed by atoms with Gasteiger partial charge in [0, 0.05) is 13.2 Å². The Labute approximate surface area is 124 Å². The first-order valence-corrected chi connectivity index (χ1v) is 7.15. The van der Waals surface area contributed by atoms with Crippen molar-refractivity contribution in [2.45, 2.75) is 38.1 Å². The first-order chi connectivity index (χ1) is 9.97. The van der Waals surface area contributed by atoms with Crippen LogP contribution in [0.1, 0.15) is 30.9 Å². The van der Waals surface area contributed by atoms with Crippen molar-refractivity contribution in [3.63, 3.8) is 0 Å². The lowest BCUT2D eigenvalue weighted by Crippen LogP contribution is -2.52. The van der Waals surface area contributed by atoms with E-state index in [1.54, 1.807) is 0 Å². The molecule has 0 aliphatic carbocycles. The van der Waals surface area contributed by atoms with E-state index in [4.69, 9.17) is 9.84 Å². The second kappa shape index (κ2) is 6.26. The number of carboxylic acids is 1. The molecule has 1 amide bonds. The normalized spacial score (nSPS) is 18.8. The maximum Gasteiger partial charge on any atom is 0.325 e. The largest absolute Gasteiger partial charge is 0.480 e. The van der Waals surface area contributed by atoms with Crippen LogP contribution in [0.4, 0.5) is 0 Å². The third-order valence-electron chi connectivity index (χ3n) is 4.16. The number of carbonyl (C=O) groups excluding carboxylic acids is 1. The molecule has 21 heavy (non-hydrogen) atoms. The second-order valence-electron chi connectivity index (χ2n) is 5.54. The summed E-state index contributed by atoms with van der Waals surface area (Å²) >= 11 is 0. The van der Waals surface area contributed by atoms with Gasteiger partial charge >= 0.3 is 5.97 Å². The van der Waals surface area contributed by atoms with Gasteiger partial charge in [0.1, 0.15) is 6.04 Å². The number of amides is 1. The van der Waals surface area contributed by atoms with E-state index in [0.717, 1.165) is 11.1 Å². The van der Waals surface area contributed by atoms with Crippen molar-refractivity contribution in [3.05, 3.63) is 35.4 Å². The van der Waals surface area contributed by atoms with Crippen LogP contribution in [0.5, 0.6) is 0 Å². The highest BCUT2D eigenvalue weighted by Crippen LogP contribution is 2.37. The van der Waals surface area contributed by atoms with Crippen LogP contribution in [0, 0.1) is 6.92 Å². The Hall–Kier alpha value is -1.88. The number of hydrogen-bond acceptors (Lipinski definition) is 3. The zero-order chi connectivity index (χ0) is 15.5. The second-order valence-corrected chi connectivity index (χ2v) is 5.54. The maximum absolute atomic E-state index is 12.8. The summed E-state index contributed by atoms with van der Waals surface area (Å²) in [5, 5.41) is 11.6. The third-order valence-corrected chi connectivity index (χ3v) is 4.16. The van der Waals surface area contributed by atoms with Gasteiger partial charge in [-0.2, -0.15) is 0 Å². The molecule has 0 spiro atoms. The van der Waals surface area contributed by atoms with Crippen molar-refractivity contribution in [2.24, 2.45) is 0 Å². The Bertz CT molecular complexity index is 535. The summed E-state index contributed by atoms with van der Waals surface area (Å²) in [5.41, 5.74) is 1.30. The fourth-order valence-electron chi connectivity index (χ4n) is 2.84. The van der Waals surface area contributed by atoms with Gasteiger partial charge in [0.05, 0.1) is 5.41 Å². The van der Waals surface area contributed by atoms with Crippen LogP contribution in [-0.4, -0.2) is 36.2 Å². The Morgan fingerprint density at radius 1 is 1.29 bits per heavy atom. The van der Waals surface area contributed by atoms with E-state index in [1.165, 1.54) is 6.92 Å². The van der Waals surface area contributed by atoms with E-state index < -0.39 is 17.4 Å². The maximum atomic E-state index is 12.8. The summed E-state index contributed by atoms with van der Waals surface area (Å²) < 4.78 is 5.39. The summed E-state index contributed by atoms with van der Waals surface area (Å²) in [4.78, 5) is 23.7. The Kier molecular flexibility index (Phi) is 4.63. The first-order valence-electron chi connectivity index (χ1n) is 7.15. The van der Waals surface area contributed by atoms with Crippen LogP contribution in [0.15, 0.2) is 24.3 Å². The molecule has 0 saturated carbocycles. The highest BCUT2D eigenvalue weighted by molar-refractivity contribution is 5.91. The van der Waals surface area contributed by atoms with Crippen LogP contribution in [0.2, 0.25) is 0 Å². The smallest absolute Gasteiger partial charge is 0.325 e. The van der Waals surface area contributed by atoms with Gasteiger partial charge in [0.25, 0.3) is 0 Å². The number of carbonyl (C=O) groups is 2. The predicted molar refractivity (Wildman–Crippen MR) is 78.2 cm³/mol. The van der Waals surface area contributed by atoms with Gasteiger partial charge in [0.2, 0.25) is 5.91 Å². The molecule has 114 valence electrons. The van der Waals surface area contributed by atoms with Crippen LogP contribution in [0.25, 0.3) is 0 Å². The minimum atomic E-state index is -1.03. The number of aryl methyl sites for hydroxylation is 1. The first kappa shape index (κ1) is 15.5. The molecule has 1 fully saturated rings. The van der Waals surface area contributed by atoms with Gasteiger partial charge in [-0.25, -0.2) is 0 Å². The van der Waals surface area contributed by atoms with Crippen molar-refractivity contribution < 1.29 is 19.4 Å².